The minimum Gasteiger partial charge on any atom is -0.444 e. The van der Waals surface area contributed by atoms with Crippen molar-refractivity contribution in [3.05, 3.63) is 28.5 Å². The lowest BCUT2D eigenvalue weighted by Gasteiger charge is -2.33. The van der Waals surface area contributed by atoms with E-state index in [9.17, 15) is 4.79 Å². The average Bonchev–Trinajstić information content (AvgIpc) is 2.78. The molecule has 25 heavy (non-hydrogen) atoms. The van der Waals surface area contributed by atoms with Gasteiger partial charge < -0.3 is 15.4 Å². The Morgan fingerprint density at radius 2 is 2.16 bits per heavy atom. The highest BCUT2D eigenvalue weighted by atomic mass is 79.9. The molecular weight excluding hydrogens is 382 g/mol. The molecule has 2 heterocycles. The first-order valence-electron chi connectivity index (χ1n) is 8.85. The van der Waals surface area contributed by atoms with Crippen molar-refractivity contribution in [2.75, 3.05) is 6.54 Å². The Hall–Kier alpha value is -1.14. The molecule has 2 rings (SSSR count). The van der Waals surface area contributed by atoms with Crippen LogP contribution in [-0.4, -0.2) is 33.7 Å². The van der Waals surface area contributed by atoms with E-state index in [1.807, 2.05) is 37.8 Å². The Bertz CT molecular complexity index is 596. The molecule has 2 unspecified atom stereocenters. The van der Waals surface area contributed by atoms with Crippen LogP contribution in [0.15, 0.2) is 22.8 Å². The molecule has 140 valence electrons. The van der Waals surface area contributed by atoms with Crippen LogP contribution < -0.4 is 5.73 Å². The predicted molar refractivity (Wildman–Crippen MR) is 103 cm³/mol. The van der Waals surface area contributed by atoms with Gasteiger partial charge in [-0.25, -0.2) is 4.79 Å². The van der Waals surface area contributed by atoms with Crippen LogP contribution in [0.4, 0.5) is 4.79 Å². The Morgan fingerprint density at radius 1 is 1.48 bits per heavy atom. The summed E-state index contributed by atoms with van der Waals surface area (Å²) in [5.41, 5.74) is 6.53. The predicted octanol–water partition coefficient (Wildman–Crippen LogP) is 4.66. The van der Waals surface area contributed by atoms with E-state index in [4.69, 9.17) is 10.5 Å². The van der Waals surface area contributed by atoms with Gasteiger partial charge in [0.05, 0.1) is 5.69 Å². The second-order valence-electron chi connectivity index (χ2n) is 8.56. The van der Waals surface area contributed by atoms with Gasteiger partial charge in [0.25, 0.3) is 0 Å². The van der Waals surface area contributed by atoms with Gasteiger partial charge >= 0.3 is 6.09 Å². The summed E-state index contributed by atoms with van der Waals surface area (Å²) in [7, 11) is 0. The highest BCUT2D eigenvalue weighted by Gasteiger charge is 2.42. The number of carbonyl (C=O) groups excluding carboxylic acids is 1. The minimum atomic E-state index is -0.471. The number of likely N-dealkylation sites (tertiary alicyclic amines) is 1. The summed E-state index contributed by atoms with van der Waals surface area (Å²) in [4.78, 5) is 18.7. The van der Waals surface area contributed by atoms with Crippen LogP contribution in [0.1, 0.15) is 65.6 Å². The van der Waals surface area contributed by atoms with Crippen LogP contribution in [0.2, 0.25) is 0 Å². The van der Waals surface area contributed by atoms with Crippen molar-refractivity contribution in [2.45, 2.75) is 71.1 Å². The summed E-state index contributed by atoms with van der Waals surface area (Å²) in [5, 5.41) is 0. The number of halogens is 1. The topological polar surface area (TPSA) is 68.5 Å². The number of pyridine rings is 1. The number of hydrogen-bond donors (Lipinski definition) is 1. The van der Waals surface area contributed by atoms with Crippen LogP contribution >= 0.6 is 15.9 Å². The minimum absolute atomic E-state index is 0.0770. The second-order valence-corrected chi connectivity index (χ2v) is 9.47. The fraction of sp³-hybridized carbons (Fsp3) is 0.684. The molecule has 6 heteroatoms. The van der Waals surface area contributed by atoms with Gasteiger partial charge in [-0.15, -0.1) is 0 Å². The number of carbonyl (C=O) groups is 1. The summed E-state index contributed by atoms with van der Waals surface area (Å²) in [6.45, 7) is 10.6. The lowest BCUT2D eigenvalue weighted by Crippen LogP contribution is -2.45. The molecule has 0 bridgehead atoms. The van der Waals surface area contributed by atoms with Crippen molar-refractivity contribution in [3.8, 4) is 0 Å². The van der Waals surface area contributed by atoms with Gasteiger partial charge in [0, 0.05) is 28.8 Å². The van der Waals surface area contributed by atoms with Gasteiger partial charge in [0.2, 0.25) is 0 Å². The fourth-order valence-electron chi connectivity index (χ4n) is 3.39. The number of aromatic nitrogens is 1. The zero-order chi connectivity index (χ0) is 18.8. The van der Waals surface area contributed by atoms with E-state index >= 15 is 0 Å². The van der Waals surface area contributed by atoms with Gasteiger partial charge in [0.1, 0.15) is 5.60 Å². The van der Waals surface area contributed by atoms with E-state index < -0.39 is 5.60 Å². The van der Waals surface area contributed by atoms with Crippen LogP contribution in [-0.2, 0) is 4.74 Å². The SMILES string of the molecule is CC(C)(C)OC(=O)N1CC(CCC(N)c2ccc(Br)cn2)CC1(C)C. The average molecular weight is 412 g/mol. The molecule has 0 aromatic carbocycles. The highest BCUT2D eigenvalue weighted by Crippen LogP contribution is 2.37. The zero-order valence-electron chi connectivity index (χ0n) is 15.9. The van der Waals surface area contributed by atoms with Crippen molar-refractivity contribution >= 4 is 22.0 Å². The summed E-state index contributed by atoms with van der Waals surface area (Å²) in [6.07, 6.45) is 4.35. The third-order valence-electron chi connectivity index (χ3n) is 4.59. The normalized spacial score (nSPS) is 21.2. The Balaban J connectivity index is 1.91. The number of nitrogens with two attached hydrogens (primary N) is 1. The number of nitrogens with zero attached hydrogens (tertiary/aromatic N) is 2. The van der Waals surface area contributed by atoms with E-state index in [1.165, 1.54) is 0 Å². The first-order valence-corrected chi connectivity index (χ1v) is 9.65. The Morgan fingerprint density at radius 3 is 2.72 bits per heavy atom. The molecule has 2 atom stereocenters. The molecule has 1 fully saturated rings. The smallest absolute Gasteiger partial charge is 0.410 e. The quantitative estimate of drug-likeness (QED) is 0.781. The molecule has 1 saturated heterocycles. The third kappa shape index (κ3) is 5.68. The lowest BCUT2D eigenvalue weighted by atomic mass is 9.91. The van der Waals surface area contributed by atoms with Gasteiger partial charge in [-0.1, -0.05) is 0 Å². The van der Waals surface area contributed by atoms with Crippen molar-refractivity contribution in [3.63, 3.8) is 0 Å². The van der Waals surface area contributed by atoms with Crippen molar-refractivity contribution < 1.29 is 9.53 Å². The maximum atomic E-state index is 12.5. The molecular formula is C19H30BrN3O2. The summed E-state index contributed by atoms with van der Waals surface area (Å²) in [6, 6.07) is 3.85. The molecule has 1 aromatic rings. The maximum Gasteiger partial charge on any atom is 0.410 e. The molecule has 1 aromatic heterocycles. The number of hydrogen-bond acceptors (Lipinski definition) is 4. The van der Waals surface area contributed by atoms with Gasteiger partial charge in [-0.2, -0.15) is 0 Å². The number of ether oxygens (including phenoxy) is 1. The second kappa shape index (κ2) is 7.62. The van der Waals surface area contributed by atoms with Crippen LogP contribution in [0.25, 0.3) is 0 Å². The summed E-state index contributed by atoms with van der Waals surface area (Å²) >= 11 is 3.39. The molecule has 0 radical (unpaired) electrons. The molecule has 0 spiro atoms. The third-order valence-corrected chi connectivity index (χ3v) is 5.06. The van der Waals surface area contributed by atoms with Gasteiger partial charge in [-0.3, -0.25) is 4.98 Å². The van der Waals surface area contributed by atoms with Gasteiger partial charge in [-0.05, 0) is 87.9 Å². The van der Waals surface area contributed by atoms with Crippen LogP contribution in [0, 0.1) is 5.92 Å². The lowest BCUT2D eigenvalue weighted by molar-refractivity contribution is 0.0131. The first kappa shape index (κ1) is 20.2. The summed E-state index contributed by atoms with van der Waals surface area (Å²) < 4.78 is 6.51. The Kier molecular flexibility index (Phi) is 6.15. The monoisotopic (exact) mass is 411 g/mol. The van der Waals surface area contributed by atoms with Crippen molar-refractivity contribution in [2.24, 2.45) is 11.7 Å². The van der Waals surface area contributed by atoms with E-state index in [2.05, 4.69) is 34.8 Å². The number of amides is 1. The molecule has 0 aliphatic carbocycles. The van der Waals surface area contributed by atoms with E-state index in [1.54, 1.807) is 6.20 Å². The molecule has 1 aliphatic rings. The molecule has 1 aliphatic heterocycles. The zero-order valence-corrected chi connectivity index (χ0v) is 17.5. The highest BCUT2D eigenvalue weighted by molar-refractivity contribution is 9.10. The van der Waals surface area contributed by atoms with Crippen LogP contribution in [0.3, 0.4) is 0 Å². The summed E-state index contributed by atoms with van der Waals surface area (Å²) in [5.74, 6) is 0.434. The molecule has 2 N–H and O–H groups in total. The van der Waals surface area contributed by atoms with E-state index in [0.717, 1.165) is 36.0 Å². The van der Waals surface area contributed by atoms with Crippen LogP contribution in [0.5, 0.6) is 0 Å². The molecule has 1 amide bonds. The standard InChI is InChI=1S/C19H30BrN3O2/c1-18(2,3)25-17(24)23-12-13(10-19(23,4)5)6-8-15(21)16-9-7-14(20)11-22-16/h7,9,11,13,15H,6,8,10,12,21H2,1-5H3. The Labute approximate surface area is 159 Å². The first-order chi connectivity index (χ1) is 11.5. The van der Waals surface area contributed by atoms with Crippen molar-refractivity contribution in [1.29, 1.82) is 0 Å². The van der Waals surface area contributed by atoms with Crippen molar-refractivity contribution in [1.82, 2.24) is 9.88 Å². The molecule has 5 nitrogen and oxygen atoms in total. The number of rotatable bonds is 4. The fourth-order valence-corrected chi connectivity index (χ4v) is 3.62. The van der Waals surface area contributed by atoms with E-state index in [0.29, 0.717) is 5.92 Å². The molecule has 0 saturated carbocycles. The van der Waals surface area contributed by atoms with E-state index in [-0.39, 0.29) is 17.7 Å². The largest absolute Gasteiger partial charge is 0.444 e. The maximum absolute atomic E-state index is 12.5. The van der Waals surface area contributed by atoms with Gasteiger partial charge in [0.15, 0.2) is 0 Å².